The van der Waals surface area contributed by atoms with Crippen LogP contribution < -0.4 is 20.3 Å². The minimum atomic E-state index is -1.38. The highest BCUT2D eigenvalue weighted by Crippen LogP contribution is 2.48. The van der Waals surface area contributed by atoms with Crippen LogP contribution in [0.3, 0.4) is 0 Å². The van der Waals surface area contributed by atoms with E-state index in [2.05, 4.69) is 21.7 Å². The number of fused-ring (bicyclic) bond motifs is 1. The summed E-state index contributed by atoms with van der Waals surface area (Å²) in [4.78, 5) is 48.4. The lowest BCUT2D eigenvalue weighted by atomic mass is 9.75. The number of anilines is 1. The average molecular weight is 822 g/mol. The number of carbonyl (C=O) groups is 3. The number of nitrogens with one attached hydrogen (secondary N) is 2. The molecule has 1 aliphatic carbocycles. The molecule has 3 aromatic carbocycles. The quantitative estimate of drug-likeness (QED) is 0.102. The molecule has 4 N–H and O–H groups in total. The van der Waals surface area contributed by atoms with E-state index >= 15 is 4.39 Å². The third-order valence-corrected chi connectivity index (χ3v) is 11.7. The van der Waals surface area contributed by atoms with Crippen LogP contribution in [-0.2, 0) is 27.2 Å². The van der Waals surface area contributed by atoms with E-state index in [9.17, 15) is 34.2 Å². The largest absolute Gasteiger partial charge is 0.490 e. The Morgan fingerprint density at radius 2 is 1.68 bits per heavy atom. The number of pyridine rings is 1. The highest BCUT2D eigenvalue weighted by atomic mass is 19.1. The van der Waals surface area contributed by atoms with Gasteiger partial charge in [-0.15, -0.1) is 0 Å². The van der Waals surface area contributed by atoms with E-state index in [1.54, 1.807) is 18.3 Å². The number of aliphatic hydroxyl groups is 2. The monoisotopic (exact) mass is 821 g/mol. The summed E-state index contributed by atoms with van der Waals surface area (Å²) in [6, 6.07) is 21.3. The summed E-state index contributed by atoms with van der Waals surface area (Å²) in [5.41, 5.74) is 1.21. The van der Waals surface area contributed by atoms with Gasteiger partial charge in [0.15, 0.2) is 5.78 Å². The molecule has 60 heavy (non-hydrogen) atoms. The molecule has 0 bridgehead atoms. The second-order valence-electron chi connectivity index (χ2n) is 17.4. The zero-order chi connectivity index (χ0) is 43.4. The van der Waals surface area contributed by atoms with E-state index in [1.807, 2.05) is 76.2 Å². The third kappa shape index (κ3) is 10.3. The number of carbonyl (C=O) groups excluding carboxylic acids is 3. The Kier molecular flexibility index (Phi) is 13.4. The van der Waals surface area contributed by atoms with Crippen molar-refractivity contribution in [2.45, 2.75) is 83.6 Å². The summed E-state index contributed by atoms with van der Waals surface area (Å²) in [7, 11) is 3.81. The van der Waals surface area contributed by atoms with Crippen molar-refractivity contribution in [3.05, 3.63) is 113 Å². The molecule has 1 aromatic heterocycles. The van der Waals surface area contributed by atoms with Crippen LogP contribution in [-0.4, -0.2) is 71.7 Å². The lowest BCUT2D eigenvalue weighted by Gasteiger charge is -2.34. The summed E-state index contributed by atoms with van der Waals surface area (Å²) in [6.07, 6.45) is -0.365. The third-order valence-electron chi connectivity index (χ3n) is 11.7. The standard InChI is InChI=1S/C47H53F2N5O6/c1-46(2,3)35(24-41(57)47(27-50)18-19-47)45(59)52-37(20-28-10-12-29(13-11-28)31-14-17-42(51-25-31)54(4)5)38(55)22-32(21-30-8-6-7-9-36(30)49)44(58)53-43-34-23-33(48)15-16-40(34)60-26-39(43)56/h6-17,23,25,32,35,37-39,43,55-56H,18-22,24,26H2,1-5H3,(H,52,59)(H,53,58)/t32-,35-,37+,38+,39-,43+/m1/s1. The number of nitrogens with zero attached hydrogens (tertiary/aromatic N) is 3. The van der Waals surface area contributed by atoms with Crippen molar-refractivity contribution >= 4 is 23.4 Å². The molecular weight excluding hydrogens is 769 g/mol. The lowest BCUT2D eigenvalue weighted by molar-refractivity contribution is -0.135. The van der Waals surface area contributed by atoms with Crippen LogP contribution in [0.1, 0.15) is 69.2 Å². The average Bonchev–Trinajstić information content (AvgIpc) is 4.02. The van der Waals surface area contributed by atoms with Gasteiger partial charge in [-0.1, -0.05) is 63.2 Å². The molecule has 4 aromatic rings. The minimum Gasteiger partial charge on any atom is -0.490 e. The zero-order valence-corrected chi connectivity index (χ0v) is 34.6. The Hall–Kier alpha value is -5.71. The van der Waals surface area contributed by atoms with E-state index in [0.29, 0.717) is 18.6 Å². The summed E-state index contributed by atoms with van der Waals surface area (Å²) < 4.78 is 35.1. The summed E-state index contributed by atoms with van der Waals surface area (Å²) in [5.74, 6) is -3.40. The Morgan fingerprint density at radius 1 is 0.983 bits per heavy atom. The fourth-order valence-electron chi connectivity index (χ4n) is 7.71. The van der Waals surface area contributed by atoms with Crippen LogP contribution >= 0.6 is 0 Å². The maximum Gasteiger partial charge on any atom is 0.224 e. The Balaban J connectivity index is 1.30. The molecule has 1 aliphatic heterocycles. The molecule has 316 valence electrons. The zero-order valence-electron chi connectivity index (χ0n) is 34.6. The lowest BCUT2D eigenvalue weighted by Crippen LogP contribution is -2.51. The van der Waals surface area contributed by atoms with Gasteiger partial charge in [0.25, 0.3) is 0 Å². The number of aliphatic hydroxyl groups excluding tert-OH is 2. The summed E-state index contributed by atoms with van der Waals surface area (Å²) >= 11 is 0. The molecule has 0 radical (unpaired) electrons. The molecule has 11 nitrogen and oxygen atoms in total. The Bertz CT molecular complexity index is 2210. The second-order valence-corrected chi connectivity index (χ2v) is 17.4. The van der Waals surface area contributed by atoms with Crippen molar-refractivity contribution < 1.29 is 38.1 Å². The number of halogens is 2. The van der Waals surface area contributed by atoms with Crippen LogP contribution in [0.25, 0.3) is 11.1 Å². The molecule has 2 amide bonds. The number of nitriles is 1. The fourth-order valence-corrected chi connectivity index (χ4v) is 7.71. The van der Waals surface area contributed by atoms with Gasteiger partial charge in [0.05, 0.1) is 24.3 Å². The predicted molar refractivity (Wildman–Crippen MR) is 222 cm³/mol. The van der Waals surface area contributed by atoms with Crippen LogP contribution in [0, 0.1) is 45.6 Å². The van der Waals surface area contributed by atoms with Gasteiger partial charge >= 0.3 is 0 Å². The maximum absolute atomic E-state index is 15.2. The van der Waals surface area contributed by atoms with Crippen LogP contribution in [0.5, 0.6) is 5.75 Å². The first-order valence-corrected chi connectivity index (χ1v) is 20.3. The first kappa shape index (κ1) is 43.9. The number of amides is 2. The molecule has 1 saturated carbocycles. The number of hydrogen-bond acceptors (Lipinski definition) is 9. The van der Waals surface area contributed by atoms with Crippen LogP contribution in [0.15, 0.2) is 85.1 Å². The van der Waals surface area contributed by atoms with Gasteiger partial charge < -0.3 is 30.5 Å². The van der Waals surface area contributed by atoms with Crippen molar-refractivity contribution in [2.24, 2.45) is 22.7 Å². The highest BCUT2D eigenvalue weighted by molar-refractivity contribution is 5.94. The molecule has 0 saturated heterocycles. The van der Waals surface area contributed by atoms with Gasteiger partial charge in [0, 0.05) is 49.7 Å². The van der Waals surface area contributed by atoms with Crippen molar-refractivity contribution in [3.63, 3.8) is 0 Å². The predicted octanol–water partition coefficient (Wildman–Crippen LogP) is 6.27. The van der Waals surface area contributed by atoms with Crippen molar-refractivity contribution in [2.75, 3.05) is 25.6 Å². The minimum absolute atomic E-state index is 0.122. The van der Waals surface area contributed by atoms with Crippen molar-refractivity contribution in [1.82, 2.24) is 15.6 Å². The van der Waals surface area contributed by atoms with Crippen LogP contribution in [0.4, 0.5) is 14.6 Å². The number of aromatic nitrogens is 1. The van der Waals surface area contributed by atoms with Gasteiger partial charge in [-0.05, 0) is 90.6 Å². The number of benzene rings is 3. The molecule has 2 aliphatic rings. The highest BCUT2D eigenvalue weighted by Gasteiger charge is 2.52. The fraction of sp³-hybridized carbons (Fsp3) is 0.426. The number of ether oxygens (including phenoxy) is 1. The second kappa shape index (κ2) is 18.3. The maximum atomic E-state index is 15.2. The van der Waals surface area contributed by atoms with Crippen LogP contribution in [0.2, 0.25) is 0 Å². The normalized spacial score (nSPS) is 18.7. The molecule has 1 fully saturated rings. The Morgan fingerprint density at radius 3 is 2.30 bits per heavy atom. The van der Waals surface area contributed by atoms with Gasteiger partial charge in [-0.25, -0.2) is 13.8 Å². The van der Waals surface area contributed by atoms with E-state index < -0.39 is 70.4 Å². The molecule has 6 atom stereocenters. The molecule has 2 heterocycles. The van der Waals surface area contributed by atoms with Crippen molar-refractivity contribution in [3.8, 4) is 22.9 Å². The summed E-state index contributed by atoms with van der Waals surface area (Å²) in [5, 5.41) is 38.6. The molecule has 0 unspecified atom stereocenters. The van der Waals surface area contributed by atoms with E-state index in [4.69, 9.17) is 4.74 Å². The van der Waals surface area contributed by atoms with E-state index in [0.717, 1.165) is 22.5 Å². The number of ketones is 1. The molecule has 0 spiro atoms. The van der Waals surface area contributed by atoms with Gasteiger partial charge in [0.2, 0.25) is 11.8 Å². The molecule has 6 rings (SSSR count). The van der Waals surface area contributed by atoms with Gasteiger partial charge in [0.1, 0.15) is 41.3 Å². The number of hydrogen-bond donors (Lipinski definition) is 4. The van der Waals surface area contributed by atoms with Gasteiger partial charge in [-0.2, -0.15) is 5.26 Å². The topological polar surface area (TPSA) is 165 Å². The molecule has 13 heteroatoms. The van der Waals surface area contributed by atoms with Gasteiger partial charge in [-0.3, -0.25) is 14.4 Å². The first-order chi connectivity index (χ1) is 28.5. The summed E-state index contributed by atoms with van der Waals surface area (Å²) in [6.45, 7) is 5.35. The number of rotatable bonds is 16. The smallest absolute Gasteiger partial charge is 0.224 e. The van der Waals surface area contributed by atoms with Crippen molar-refractivity contribution in [1.29, 1.82) is 5.26 Å². The molecular formula is C47H53F2N5O6. The van der Waals surface area contributed by atoms with E-state index in [1.165, 1.54) is 30.3 Å². The first-order valence-electron chi connectivity index (χ1n) is 20.3. The number of Topliss-reactive ketones (excluding diaryl/α,β-unsaturated/α-hetero) is 1. The van der Waals surface area contributed by atoms with E-state index in [-0.39, 0.29) is 49.2 Å². The SMILES string of the molecule is CN(C)c1ccc(-c2ccc(C[C@H](NC(=O)[C@@H](CC(=O)C3(C#N)CC3)C(C)(C)C)[C@@H](O)C[C@@H](Cc3ccccc3F)C(=O)N[C@H]3c4cc(F)ccc4OC[C@H]3O)cc2)cn1. The Labute approximate surface area is 349 Å².